The molecule has 1 N–H and O–H groups in total. The Hall–Kier alpha value is -0.0900. The van der Waals surface area contributed by atoms with Crippen LogP contribution in [0.5, 0.6) is 0 Å². The van der Waals surface area contributed by atoms with Gasteiger partial charge in [-0.2, -0.15) is 0 Å². The van der Waals surface area contributed by atoms with Gasteiger partial charge in [-0.25, -0.2) is 0 Å². The van der Waals surface area contributed by atoms with Crippen molar-refractivity contribution >= 4 is 22.9 Å². The highest BCUT2D eigenvalue weighted by molar-refractivity contribution is 7.16. The Kier molecular flexibility index (Phi) is 5.49. The lowest BCUT2D eigenvalue weighted by Crippen LogP contribution is -2.35. The zero-order valence-electron chi connectivity index (χ0n) is 11.2. The van der Waals surface area contributed by atoms with Gasteiger partial charge < -0.3 is 10.1 Å². The minimum atomic E-state index is 0.305. The Labute approximate surface area is 119 Å². The first-order chi connectivity index (χ1) is 8.72. The molecule has 0 aromatic carbocycles. The molecule has 2 atom stereocenters. The predicted molar refractivity (Wildman–Crippen MR) is 78.7 cm³/mol. The quantitative estimate of drug-likeness (QED) is 0.871. The van der Waals surface area contributed by atoms with E-state index in [1.165, 1.54) is 23.3 Å². The van der Waals surface area contributed by atoms with E-state index in [4.69, 9.17) is 16.3 Å². The fourth-order valence-electron chi connectivity index (χ4n) is 2.38. The number of ether oxygens (including phenoxy) is 1. The van der Waals surface area contributed by atoms with E-state index in [0.717, 1.165) is 30.3 Å². The largest absolute Gasteiger partial charge is 0.376 e. The Balaban J connectivity index is 2.12. The van der Waals surface area contributed by atoms with Crippen LogP contribution in [-0.2, 0) is 4.74 Å². The fraction of sp³-hybridized carbons (Fsp3) is 0.714. The molecule has 1 aromatic rings. The highest BCUT2D eigenvalue weighted by Gasteiger charge is 2.27. The maximum atomic E-state index is 6.20. The van der Waals surface area contributed by atoms with E-state index in [1.54, 1.807) is 11.3 Å². The van der Waals surface area contributed by atoms with Gasteiger partial charge in [0, 0.05) is 11.5 Å². The number of aryl methyl sites for hydroxylation is 1. The second-order valence-corrected chi connectivity index (χ2v) is 6.63. The van der Waals surface area contributed by atoms with E-state index in [0.29, 0.717) is 12.1 Å². The molecule has 1 aliphatic heterocycles. The van der Waals surface area contributed by atoms with Crippen molar-refractivity contribution < 1.29 is 4.74 Å². The molecule has 1 aromatic heterocycles. The first-order valence-corrected chi connectivity index (χ1v) is 8.02. The molecule has 0 radical (unpaired) electrons. The topological polar surface area (TPSA) is 21.3 Å². The second-order valence-electron chi connectivity index (χ2n) is 4.94. The van der Waals surface area contributed by atoms with Crippen LogP contribution in [0, 0.1) is 6.92 Å². The molecule has 1 saturated heterocycles. The number of hydrogen-bond donors (Lipinski definition) is 1. The molecule has 2 unspecified atom stereocenters. The van der Waals surface area contributed by atoms with E-state index in [1.807, 2.05) is 0 Å². The van der Waals surface area contributed by atoms with E-state index in [-0.39, 0.29) is 0 Å². The highest BCUT2D eigenvalue weighted by Crippen LogP contribution is 2.35. The molecule has 0 amide bonds. The minimum absolute atomic E-state index is 0.305. The fourth-order valence-corrected chi connectivity index (χ4v) is 3.73. The molecule has 4 heteroatoms. The molecule has 1 aliphatic rings. The normalized spacial score (nSPS) is 22.1. The summed E-state index contributed by atoms with van der Waals surface area (Å²) in [6.07, 6.45) is 5.06. The van der Waals surface area contributed by atoms with Crippen LogP contribution in [0.2, 0.25) is 4.34 Å². The number of nitrogens with one attached hydrogen (secondary N) is 1. The first-order valence-electron chi connectivity index (χ1n) is 6.83. The maximum Gasteiger partial charge on any atom is 0.0960 e. The van der Waals surface area contributed by atoms with Gasteiger partial charge in [-0.05, 0) is 50.8 Å². The summed E-state index contributed by atoms with van der Waals surface area (Å²) < 4.78 is 6.85. The summed E-state index contributed by atoms with van der Waals surface area (Å²) in [5.41, 5.74) is 1.18. The average molecular weight is 288 g/mol. The van der Waals surface area contributed by atoms with Crippen molar-refractivity contribution in [1.29, 1.82) is 0 Å². The zero-order chi connectivity index (χ0) is 13.0. The molecular formula is C14H22ClNOS. The Bertz CT molecular complexity index is 354. The number of hydrogen-bond acceptors (Lipinski definition) is 3. The van der Waals surface area contributed by atoms with E-state index < -0.39 is 0 Å². The van der Waals surface area contributed by atoms with Crippen molar-refractivity contribution in [2.24, 2.45) is 0 Å². The summed E-state index contributed by atoms with van der Waals surface area (Å²) in [5.74, 6) is 0. The van der Waals surface area contributed by atoms with Crippen LogP contribution in [0.15, 0.2) is 6.07 Å². The number of thiophene rings is 1. The summed E-state index contributed by atoms with van der Waals surface area (Å²) in [6, 6.07) is 2.51. The van der Waals surface area contributed by atoms with Crippen molar-refractivity contribution in [2.75, 3.05) is 13.2 Å². The van der Waals surface area contributed by atoms with Gasteiger partial charge >= 0.3 is 0 Å². The van der Waals surface area contributed by atoms with Gasteiger partial charge in [0.2, 0.25) is 0 Å². The van der Waals surface area contributed by atoms with E-state index >= 15 is 0 Å². The highest BCUT2D eigenvalue weighted by atomic mass is 35.5. The molecule has 0 aliphatic carbocycles. The van der Waals surface area contributed by atoms with Crippen molar-refractivity contribution in [3.63, 3.8) is 0 Å². The smallest absolute Gasteiger partial charge is 0.0960 e. The van der Waals surface area contributed by atoms with Crippen LogP contribution in [0.25, 0.3) is 0 Å². The monoisotopic (exact) mass is 287 g/mol. The third-order valence-corrected chi connectivity index (χ3v) is 5.02. The van der Waals surface area contributed by atoms with Crippen LogP contribution < -0.4 is 5.32 Å². The lowest BCUT2D eigenvalue weighted by molar-refractivity contribution is -0.00741. The molecule has 0 bridgehead atoms. The second kappa shape index (κ2) is 6.90. The van der Waals surface area contributed by atoms with Crippen molar-refractivity contribution in [2.45, 2.75) is 51.7 Å². The minimum Gasteiger partial charge on any atom is -0.376 e. The summed E-state index contributed by atoms with van der Waals surface area (Å²) >= 11 is 7.89. The lowest BCUT2D eigenvalue weighted by Gasteiger charge is -2.30. The summed E-state index contributed by atoms with van der Waals surface area (Å²) in [4.78, 5) is 1.32. The van der Waals surface area contributed by atoms with Gasteiger partial charge in [0.1, 0.15) is 0 Å². The van der Waals surface area contributed by atoms with Gasteiger partial charge in [-0.1, -0.05) is 18.5 Å². The lowest BCUT2D eigenvalue weighted by atomic mass is 10.0. The first kappa shape index (κ1) is 14.3. The number of halogens is 1. The van der Waals surface area contributed by atoms with Crippen LogP contribution in [0.3, 0.4) is 0 Å². The average Bonchev–Trinajstić information content (AvgIpc) is 2.71. The van der Waals surface area contributed by atoms with Crippen LogP contribution in [0.4, 0.5) is 0 Å². The van der Waals surface area contributed by atoms with Crippen LogP contribution >= 0.6 is 22.9 Å². The molecule has 2 rings (SSSR count). The molecule has 2 nitrogen and oxygen atoms in total. The molecule has 1 fully saturated rings. The molecular weight excluding hydrogens is 266 g/mol. The zero-order valence-corrected chi connectivity index (χ0v) is 12.7. The van der Waals surface area contributed by atoms with Crippen LogP contribution in [0.1, 0.15) is 49.1 Å². The molecule has 0 saturated carbocycles. The van der Waals surface area contributed by atoms with Crippen molar-refractivity contribution in [1.82, 2.24) is 5.32 Å². The molecule has 0 spiro atoms. The number of rotatable bonds is 5. The van der Waals surface area contributed by atoms with E-state index in [9.17, 15) is 0 Å². The van der Waals surface area contributed by atoms with Gasteiger partial charge in [0.15, 0.2) is 0 Å². The van der Waals surface area contributed by atoms with Gasteiger partial charge in [-0.3, -0.25) is 0 Å². The predicted octanol–water partition coefficient (Wildman–Crippen LogP) is 4.32. The van der Waals surface area contributed by atoms with Crippen LogP contribution in [-0.4, -0.2) is 19.3 Å². The maximum absolute atomic E-state index is 6.20. The summed E-state index contributed by atoms with van der Waals surface area (Å²) in [7, 11) is 0. The third kappa shape index (κ3) is 3.47. The third-order valence-electron chi connectivity index (χ3n) is 3.38. The molecule has 18 heavy (non-hydrogen) atoms. The van der Waals surface area contributed by atoms with Gasteiger partial charge in [0.25, 0.3) is 0 Å². The Morgan fingerprint density at radius 3 is 2.94 bits per heavy atom. The van der Waals surface area contributed by atoms with Crippen molar-refractivity contribution in [3.05, 3.63) is 20.8 Å². The summed E-state index contributed by atoms with van der Waals surface area (Å²) in [6.45, 7) is 6.19. The molecule has 2 heterocycles. The van der Waals surface area contributed by atoms with E-state index in [2.05, 4.69) is 25.2 Å². The van der Waals surface area contributed by atoms with Gasteiger partial charge in [0.05, 0.1) is 16.5 Å². The van der Waals surface area contributed by atoms with Crippen molar-refractivity contribution in [3.8, 4) is 0 Å². The standard InChI is InChI=1S/C14H22ClNOS/c1-3-7-16-13(11-6-4-5-8-17-11)12-9-10(2)14(15)18-12/h9,11,13,16H,3-8H2,1-2H3. The Morgan fingerprint density at radius 1 is 1.56 bits per heavy atom. The summed E-state index contributed by atoms with van der Waals surface area (Å²) in [5, 5.41) is 3.62. The Morgan fingerprint density at radius 2 is 2.39 bits per heavy atom. The van der Waals surface area contributed by atoms with Gasteiger partial charge in [-0.15, -0.1) is 11.3 Å². The molecule has 102 valence electrons. The SMILES string of the molecule is CCCNC(c1cc(C)c(Cl)s1)C1CCCCO1.